The first-order valence-corrected chi connectivity index (χ1v) is 9.42. The Morgan fingerprint density at radius 1 is 1.19 bits per heavy atom. The molecule has 0 bridgehead atoms. The van der Waals surface area contributed by atoms with Crippen molar-refractivity contribution < 1.29 is 14.4 Å². The van der Waals surface area contributed by atoms with E-state index in [0.717, 1.165) is 36.1 Å². The highest BCUT2D eigenvalue weighted by Crippen LogP contribution is 2.31. The molecule has 6 nitrogen and oxygen atoms in total. The first-order chi connectivity index (χ1) is 12.4. The number of nitrogens with one attached hydrogen (secondary N) is 1. The summed E-state index contributed by atoms with van der Waals surface area (Å²) in [6.07, 6.45) is 3.97. The molecule has 0 spiro atoms. The third-order valence-corrected chi connectivity index (χ3v) is 5.45. The second-order valence-corrected chi connectivity index (χ2v) is 7.39. The Morgan fingerprint density at radius 2 is 1.81 bits per heavy atom. The highest BCUT2D eigenvalue weighted by molar-refractivity contribution is 6.09. The number of likely N-dealkylation sites (tertiary alicyclic amines) is 1. The number of carbonyl (C=O) groups excluding carboxylic acids is 3. The zero-order valence-electron chi connectivity index (χ0n) is 15.7. The fourth-order valence-corrected chi connectivity index (χ4v) is 3.81. The summed E-state index contributed by atoms with van der Waals surface area (Å²) < 4.78 is 0. The summed E-state index contributed by atoms with van der Waals surface area (Å²) in [7, 11) is 0. The molecule has 1 N–H and O–H groups in total. The van der Waals surface area contributed by atoms with Crippen LogP contribution in [0.25, 0.3) is 0 Å². The van der Waals surface area contributed by atoms with Gasteiger partial charge in [-0.2, -0.15) is 0 Å². The van der Waals surface area contributed by atoms with E-state index in [0.29, 0.717) is 13.1 Å². The van der Waals surface area contributed by atoms with E-state index >= 15 is 0 Å². The van der Waals surface area contributed by atoms with Crippen molar-refractivity contribution in [2.45, 2.75) is 58.0 Å². The Morgan fingerprint density at radius 3 is 2.38 bits per heavy atom. The van der Waals surface area contributed by atoms with Gasteiger partial charge in [-0.05, 0) is 44.2 Å². The molecule has 0 saturated carbocycles. The van der Waals surface area contributed by atoms with Crippen molar-refractivity contribution in [1.29, 1.82) is 0 Å². The summed E-state index contributed by atoms with van der Waals surface area (Å²) >= 11 is 0. The van der Waals surface area contributed by atoms with E-state index in [1.165, 1.54) is 5.56 Å². The van der Waals surface area contributed by atoms with Crippen molar-refractivity contribution >= 4 is 17.8 Å². The number of carbonyl (C=O) groups is 3. The molecular weight excluding hydrogens is 330 g/mol. The maximum Gasteiger partial charge on any atom is 0.326 e. The number of benzene rings is 1. The van der Waals surface area contributed by atoms with Gasteiger partial charge in [0.25, 0.3) is 5.91 Å². The summed E-state index contributed by atoms with van der Waals surface area (Å²) in [6.45, 7) is 6.85. The molecule has 26 heavy (non-hydrogen) atoms. The lowest BCUT2D eigenvalue weighted by molar-refractivity contribution is -0.142. The summed E-state index contributed by atoms with van der Waals surface area (Å²) in [6, 6.07) is 6.46. The van der Waals surface area contributed by atoms with Gasteiger partial charge in [0.2, 0.25) is 5.91 Å². The molecule has 2 saturated heterocycles. The molecule has 140 valence electrons. The predicted molar refractivity (Wildman–Crippen MR) is 98.4 cm³/mol. The lowest BCUT2D eigenvalue weighted by atomic mass is 9.90. The number of hydrogen-bond acceptors (Lipinski definition) is 3. The second-order valence-electron chi connectivity index (χ2n) is 7.39. The lowest BCUT2D eigenvalue weighted by Gasteiger charge is -2.27. The standard InChI is InChI=1S/C20H27N3O3/c1-4-7-15-8-10-16(11-9-15)20(3)18(25)23(19(26)21-20)14(2)17(24)22-12-5-6-13-22/h8-11,14H,4-7,12-13H2,1-3H3,(H,21,26)/t14-,20+/m1/s1. The number of rotatable bonds is 5. The van der Waals surface area contributed by atoms with Gasteiger partial charge in [0.15, 0.2) is 0 Å². The van der Waals surface area contributed by atoms with Crippen molar-refractivity contribution in [3.8, 4) is 0 Å². The molecule has 2 atom stereocenters. The number of urea groups is 1. The van der Waals surface area contributed by atoms with Crippen molar-refractivity contribution in [3.05, 3.63) is 35.4 Å². The minimum atomic E-state index is -1.14. The molecule has 1 aromatic carbocycles. The van der Waals surface area contributed by atoms with Crippen LogP contribution in [0.5, 0.6) is 0 Å². The fourth-order valence-electron chi connectivity index (χ4n) is 3.81. The van der Waals surface area contributed by atoms with E-state index in [1.54, 1.807) is 18.7 Å². The minimum absolute atomic E-state index is 0.159. The van der Waals surface area contributed by atoms with Gasteiger partial charge in [-0.15, -0.1) is 0 Å². The zero-order valence-corrected chi connectivity index (χ0v) is 15.7. The topological polar surface area (TPSA) is 69.7 Å². The van der Waals surface area contributed by atoms with Crippen molar-refractivity contribution in [2.24, 2.45) is 0 Å². The molecule has 2 fully saturated rings. The van der Waals surface area contributed by atoms with Crippen LogP contribution in [0.1, 0.15) is 51.2 Å². The number of imide groups is 1. The van der Waals surface area contributed by atoms with Crippen molar-refractivity contribution in [1.82, 2.24) is 15.1 Å². The van der Waals surface area contributed by atoms with Gasteiger partial charge in [0.05, 0.1) is 0 Å². The van der Waals surface area contributed by atoms with E-state index in [1.807, 2.05) is 24.3 Å². The molecule has 4 amide bonds. The van der Waals surface area contributed by atoms with Crippen molar-refractivity contribution in [2.75, 3.05) is 13.1 Å². The minimum Gasteiger partial charge on any atom is -0.341 e. The molecule has 2 heterocycles. The molecule has 0 unspecified atom stereocenters. The van der Waals surface area contributed by atoms with Gasteiger partial charge < -0.3 is 10.2 Å². The normalized spacial score (nSPS) is 24.1. The largest absolute Gasteiger partial charge is 0.341 e. The predicted octanol–water partition coefficient (Wildman–Crippen LogP) is 2.42. The first-order valence-electron chi connectivity index (χ1n) is 9.42. The average Bonchev–Trinajstić information content (AvgIpc) is 3.23. The van der Waals surface area contributed by atoms with Gasteiger partial charge in [0, 0.05) is 13.1 Å². The van der Waals surface area contributed by atoms with E-state index in [4.69, 9.17) is 0 Å². The van der Waals surface area contributed by atoms with Gasteiger partial charge >= 0.3 is 6.03 Å². The van der Waals surface area contributed by atoms with Crippen LogP contribution in [-0.2, 0) is 21.5 Å². The maximum absolute atomic E-state index is 13.1. The molecule has 1 aromatic rings. The second kappa shape index (κ2) is 7.09. The Kier molecular flexibility index (Phi) is 5.03. The lowest BCUT2D eigenvalue weighted by Crippen LogP contribution is -2.49. The molecule has 0 aliphatic carbocycles. The Bertz CT molecular complexity index is 710. The number of amides is 4. The van der Waals surface area contributed by atoms with Gasteiger partial charge in [-0.25, -0.2) is 9.69 Å². The Labute approximate surface area is 154 Å². The third kappa shape index (κ3) is 3.08. The SMILES string of the molecule is CCCc1ccc([C@]2(C)NC(=O)N([C@H](C)C(=O)N3CCCC3)C2=O)cc1. The van der Waals surface area contributed by atoms with Crippen LogP contribution in [-0.4, -0.2) is 46.8 Å². The molecule has 2 aliphatic rings. The molecule has 0 aromatic heterocycles. The zero-order chi connectivity index (χ0) is 18.9. The molecule has 6 heteroatoms. The van der Waals surface area contributed by atoms with Gasteiger partial charge in [-0.3, -0.25) is 9.59 Å². The average molecular weight is 357 g/mol. The van der Waals surface area contributed by atoms with Crippen LogP contribution in [0.3, 0.4) is 0 Å². The molecule has 3 rings (SSSR count). The monoisotopic (exact) mass is 357 g/mol. The summed E-state index contributed by atoms with van der Waals surface area (Å²) in [5.41, 5.74) is 0.798. The van der Waals surface area contributed by atoms with E-state index in [9.17, 15) is 14.4 Å². The fraction of sp³-hybridized carbons (Fsp3) is 0.550. The Balaban J connectivity index is 1.81. The molecule has 0 radical (unpaired) electrons. The van der Waals surface area contributed by atoms with Crippen LogP contribution < -0.4 is 5.32 Å². The summed E-state index contributed by atoms with van der Waals surface area (Å²) in [5, 5.41) is 2.79. The van der Waals surface area contributed by atoms with Gasteiger partial charge in [0.1, 0.15) is 11.6 Å². The number of hydrogen-bond donors (Lipinski definition) is 1. The van der Waals surface area contributed by atoms with Crippen molar-refractivity contribution in [3.63, 3.8) is 0 Å². The van der Waals surface area contributed by atoms with Crippen LogP contribution in [0.15, 0.2) is 24.3 Å². The number of aryl methyl sites for hydroxylation is 1. The van der Waals surface area contributed by atoms with E-state index in [-0.39, 0.29) is 11.8 Å². The third-order valence-electron chi connectivity index (χ3n) is 5.45. The van der Waals surface area contributed by atoms with Crippen LogP contribution in [0.4, 0.5) is 4.79 Å². The highest BCUT2D eigenvalue weighted by atomic mass is 16.2. The summed E-state index contributed by atoms with van der Waals surface area (Å²) in [4.78, 5) is 41.1. The van der Waals surface area contributed by atoms with Crippen LogP contribution >= 0.6 is 0 Å². The summed E-state index contributed by atoms with van der Waals surface area (Å²) in [5.74, 6) is -0.528. The molecule has 2 aliphatic heterocycles. The van der Waals surface area contributed by atoms with Crippen LogP contribution in [0, 0.1) is 0 Å². The quantitative estimate of drug-likeness (QED) is 0.823. The number of nitrogens with zero attached hydrogens (tertiary/aromatic N) is 2. The van der Waals surface area contributed by atoms with Crippen LogP contribution in [0.2, 0.25) is 0 Å². The smallest absolute Gasteiger partial charge is 0.326 e. The highest BCUT2D eigenvalue weighted by Gasteiger charge is 2.52. The van der Waals surface area contributed by atoms with Gasteiger partial charge in [-0.1, -0.05) is 37.6 Å². The Hall–Kier alpha value is -2.37. The molecular formula is C20H27N3O3. The maximum atomic E-state index is 13.1. The van der Waals surface area contributed by atoms with E-state index < -0.39 is 17.6 Å². The first kappa shape index (κ1) is 18.4. The van der Waals surface area contributed by atoms with E-state index in [2.05, 4.69) is 12.2 Å².